The van der Waals surface area contributed by atoms with Gasteiger partial charge in [-0.25, -0.2) is 8.42 Å². The van der Waals surface area contributed by atoms with E-state index in [-0.39, 0.29) is 28.6 Å². The van der Waals surface area contributed by atoms with Crippen molar-refractivity contribution >= 4 is 73.9 Å². The topological polar surface area (TPSA) is 86.8 Å². The fourth-order valence-corrected chi connectivity index (χ4v) is 6.00. The molecule has 0 aliphatic carbocycles. The molecule has 1 N–H and O–H groups in total. The van der Waals surface area contributed by atoms with Gasteiger partial charge in [-0.1, -0.05) is 65.5 Å². The van der Waals surface area contributed by atoms with Crippen LogP contribution in [0.5, 0.6) is 0 Å². The maximum absolute atomic E-state index is 13.9. The van der Waals surface area contributed by atoms with Gasteiger partial charge in [0.05, 0.1) is 10.6 Å². The minimum Gasteiger partial charge on any atom is -0.357 e. The largest absolute Gasteiger partial charge is 0.357 e. The number of amides is 2. The van der Waals surface area contributed by atoms with Crippen LogP contribution in [0.3, 0.4) is 0 Å². The molecule has 0 heterocycles. The van der Waals surface area contributed by atoms with Gasteiger partial charge in [-0.15, -0.1) is 0 Å². The molecule has 0 bridgehead atoms. The summed E-state index contributed by atoms with van der Waals surface area (Å²) in [5.41, 5.74) is 0.722. The highest BCUT2D eigenvalue weighted by Crippen LogP contribution is 2.28. The van der Waals surface area contributed by atoms with Crippen molar-refractivity contribution in [3.8, 4) is 0 Å². The van der Waals surface area contributed by atoms with Gasteiger partial charge in [-0.2, -0.15) is 0 Å². The number of benzene rings is 3. The Kier molecular flexibility index (Phi) is 10.3. The van der Waals surface area contributed by atoms with Crippen LogP contribution in [-0.4, -0.2) is 44.8 Å². The van der Waals surface area contributed by atoms with Crippen LogP contribution in [0.1, 0.15) is 18.9 Å². The van der Waals surface area contributed by atoms with E-state index in [2.05, 4.69) is 5.32 Å². The first-order valence-electron chi connectivity index (χ1n) is 11.5. The predicted molar refractivity (Wildman–Crippen MR) is 153 cm³/mol. The van der Waals surface area contributed by atoms with Crippen LogP contribution in [0.15, 0.2) is 71.6 Å². The summed E-state index contributed by atoms with van der Waals surface area (Å²) < 4.78 is 28.4. The Hall–Kier alpha value is -2.49. The van der Waals surface area contributed by atoms with E-state index in [1.807, 2.05) is 0 Å². The summed E-state index contributed by atoms with van der Waals surface area (Å²) in [6.45, 7) is 1.10. The van der Waals surface area contributed by atoms with Crippen LogP contribution in [-0.2, 0) is 26.2 Å². The molecule has 0 fully saturated rings. The molecular weight excluding hydrogens is 592 g/mol. The highest BCUT2D eigenvalue weighted by Gasteiger charge is 2.33. The molecule has 1 atom stereocenters. The zero-order valence-electron chi connectivity index (χ0n) is 20.5. The second-order valence-corrected chi connectivity index (χ2v) is 11.8. The van der Waals surface area contributed by atoms with Crippen molar-refractivity contribution in [1.82, 2.24) is 10.2 Å². The molecule has 202 valence electrons. The number of nitrogens with one attached hydrogen (secondary N) is 1. The van der Waals surface area contributed by atoms with Crippen molar-refractivity contribution in [2.75, 3.05) is 17.9 Å². The molecule has 0 saturated carbocycles. The van der Waals surface area contributed by atoms with Crippen LogP contribution in [0.25, 0.3) is 0 Å². The fraction of sp³-hybridized carbons (Fsp3) is 0.231. The third-order valence-corrected chi connectivity index (χ3v) is 8.63. The molecule has 3 aromatic rings. The van der Waals surface area contributed by atoms with Crippen LogP contribution >= 0.6 is 46.4 Å². The average molecular weight is 617 g/mol. The van der Waals surface area contributed by atoms with E-state index in [0.717, 1.165) is 4.31 Å². The minimum atomic E-state index is -4.24. The maximum atomic E-state index is 13.9. The summed E-state index contributed by atoms with van der Waals surface area (Å²) >= 11 is 24.5. The monoisotopic (exact) mass is 615 g/mol. The van der Waals surface area contributed by atoms with Gasteiger partial charge < -0.3 is 10.2 Å². The number of sulfonamides is 1. The van der Waals surface area contributed by atoms with Crippen molar-refractivity contribution in [3.05, 3.63) is 92.4 Å². The molecule has 3 rings (SSSR count). The van der Waals surface area contributed by atoms with Crippen molar-refractivity contribution in [1.29, 1.82) is 0 Å². The average Bonchev–Trinajstić information content (AvgIpc) is 2.88. The number of likely N-dealkylation sites (N-methyl/N-ethyl adjacent to an activating group) is 1. The number of anilines is 1. The summed E-state index contributed by atoms with van der Waals surface area (Å²) in [5, 5.41) is 3.93. The Morgan fingerprint density at radius 3 is 2.11 bits per heavy atom. The number of carbonyl (C=O) groups excluding carboxylic acids is 2. The molecule has 7 nitrogen and oxygen atoms in total. The second kappa shape index (κ2) is 13.0. The number of carbonyl (C=O) groups is 2. The van der Waals surface area contributed by atoms with Gasteiger partial charge in [-0.05, 0) is 66.6 Å². The Balaban J connectivity index is 2.08. The van der Waals surface area contributed by atoms with Gasteiger partial charge in [0.1, 0.15) is 12.6 Å². The van der Waals surface area contributed by atoms with Gasteiger partial charge in [-0.3, -0.25) is 13.9 Å². The first-order valence-corrected chi connectivity index (χ1v) is 14.4. The van der Waals surface area contributed by atoms with Crippen LogP contribution in [0, 0.1) is 0 Å². The van der Waals surface area contributed by atoms with Crippen LogP contribution in [0.2, 0.25) is 20.1 Å². The normalized spacial score (nSPS) is 12.1. The minimum absolute atomic E-state index is 0.0505. The lowest BCUT2D eigenvalue weighted by Crippen LogP contribution is -2.51. The third-order valence-electron chi connectivity index (χ3n) is 5.76. The summed E-state index contributed by atoms with van der Waals surface area (Å²) in [6, 6.07) is 15.7. The highest BCUT2D eigenvalue weighted by molar-refractivity contribution is 7.92. The zero-order chi connectivity index (χ0) is 28.0. The molecule has 0 aliphatic rings. The van der Waals surface area contributed by atoms with E-state index < -0.39 is 34.4 Å². The smallest absolute Gasteiger partial charge is 0.264 e. The molecule has 0 aliphatic heterocycles. The first kappa shape index (κ1) is 30.1. The summed E-state index contributed by atoms with van der Waals surface area (Å²) in [7, 11) is -2.77. The van der Waals surface area contributed by atoms with E-state index in [1.165, 1.54) is 54.4 Å². The van der Waals surface area contributed by atoms with Crippen molar-refractivity contribution in [2.45, 2.75) is 30.8 Å². The predicted octanol–water partition coefficient (Wildman–Crippen LogP) is 6.05. The van der Waals surface area contributed by atoms with Crippen molar-refractivity contribution in [2.24, 2.45) is 0 Å². The molecule has 3 aromatic carbocycles. The second-order valence-electron chi connectivity index (χ2n) is 8.24. The quantitative estimate of drug-likeness (QED) is 0.300. The molecule has 38 heavy (non-hydrogen) atoms. The maximum Gasteiger partial charge on any atom is 0.264 e. The molecule has 2 amide bonds. The van der Waals surface area contributed by atoms with Gasteiger partial charge in [0, 0.05) is 33.7 Å². The Bertz CT molecular complexity index is 1420. The Morgan fingerprint density at radius 2 is 1.53 bits per heavy atom. The van der Waals surface area contributed by atoms with E-state index in [0.29, 0.717) is 20.6 Å². The highest BCUT2D eigenvalue weighted by atomic mass is 35.5. The summed E-state index contributed by atoms with van der Waals surface area (Å²) in [4.78, 5) is 27.9. The number of hydrogen-bond acceptors (Lipinski definition) is 4. The number of nitrogens with zero attached hydrogens (tertiary/aromatic N) is 2. The lowest BCUT2D eigenvalue weighted by Gasteiger charge is -2.33. The van der Waals surface area contributed by atoms with Gasteiger partial charge in [0.2, 0.25) is 11.8 Å². The molecule has 0 radical (unpaired) electrons. The lowest BCUT2D eigenvalue weighted by atomic mass is 10.1. The Morgan fingerprint density at radius 1 is 0.895 bits per heavy atom. The first-order chi connectivity index (χ1) is 18.0. The molecular formula is C26H25Cl4N3O4S. The standard InChI is InChI=1S/C26H25Cl4N3O4S/c1-3-24(26(35)31-2)32(15-17-7-8-20(29)14-23(17)30)25(34)16-33(21-6-4-5-19(28)13-21)38(36,37)22-11-9-18(27)10-12-22/h4-14,24H,3,15-16H2,1-2H3,(H,31,35)/t24-/m0/s1. The van der Waals surface area contributed by atoms with Gasteiger partial charge in [0.15, 0.2) is 0 Å². The van der Waals surface area contributed by atoms with Crippen LogP contribution < -0.4 is 9.62 Å². The van der Waals surface area contributed by atoms with Crippen LogP contribution in [0.4, 0.5) is 5.69 Å². The van der Waals surface area contributed by atoms with E-state index >= 15 is 0 Å². The lowest BCUT2D eigenvalue weighted by molar-refractivity contribution is -0.140. The Labute approximate surface area is 242 Å². The zero-order valence-corrected chi connectivity index (χ0v) is 24.3. The van der Waals surface area contributed by atoms with E-state index in [1.54, 1.807) is 31.2 Å². The molecule has 12 heteroatoms. The SMILES string of the molecule is CC[C@@H](C(=O)NC)N(Cc1ccc(Cl)cc1Cl)C(=O)CN(c1cccc(Cl)c1)S(=O)(=O)c1ccc(Cl)cc1. The van der Waals surface area contributed by atoms with Gasteiger partial charge in [0.25, 0.3) is 10.0 Å². The fourth-order valence-electron chi connectivity index (χ4n) is 3.81. The number of hydrogen-bond donors (Lipinski definition) is 1. The van der Waals surface area contributed by atoms with Crippen molar-refractivity contribution < 1.29 is 18.0 Å². The van der Waals surface area contributed by atoms with Gasteiger partial charge >= 0.3 is 0 Å². The molecule has 0 saturated heterocycles. The molecule has 0 aromatic heterocycles. The van der Waals surface area contributed by atoms with E-state index in [9.17, 15) is 18.0 Å². The van der Waals surface area contributed by atoms with E-state index in [4.69, 9.17) is 46.4 Å². The third kappa shape index (κ3) is 7.12. The summed E-state index contributed by atoms with van der Waals surface area (Å²) in [5.74, 6) is -1.02. The summed E-state index contributed by atoms with van der Waals surface area (Å²) in [6.07, 6.45) is 0.276. The number of rotatable bonds is 10. The number of halogens is 4. The molecule has 0 unspecified atom stereocenters. The molecule has 0 spiro atoms. The van der Waals surface area contributed by atoms with Crippen molar-refractivity contribution in [3.63, 3.8) is 0 Å².